The van der Waals surface area contributed by atoms with E-state index in [0.29, 0.717) is 44.8 Å². The van der Waals surface area contributed by atoms with Crippen LogP contribution in [0.2, 0.25) is 0 Å². The van der Waals surface area contributed by atoms with Crippen LogP contribution >= 0.6 is 0 Å². The fourth-order valence-corrected chi connectivity index (χ4v) is 4.20. The Morgan fingerprint density at radius 1 is 1.00 bits per heavy atom. The Kier molecular flexibility index (Phi) is 10.1. The highest BCUT2D eigenvalue weighted by Gasteiger charge is 2.20. The predicted molar refractivity (Wildman–Crippen MR) is 144 cm³/mol. The summed E-state index contributed by atoms with van der Waals surface area (Å²) in [6.07, 6.45) is 1.96. The normalized spacial score (nSPS) is 11.6. The molecule has 2 aromatic carbocycles. The molecule has 0 bridgehead atoms. The van der Waals surface area contributed by atoms with Gasteiger partial charge in [-0.3, -0.25) is 9.59 Å². The van der Waals surface area contributed by atoms with Gasteiger partial charge in [0.1, 0.15) is 5.75 Å². The Hall–Kier alpha value is -3.16. The number of H-pyrrole nitrogens is 1. The van der Waals surface area contributed by atoms with Crippen molar-refractivity contribution in [3.05, 3.63) is 76.1 Å². The van der Waals surface area contributed by atoms with Crippen LogP contribution in [0.25, 0.3) is 10.9 Å². The second-order valence-corrected chi connectivity index (χ2v) is 10.3. The van der Waals surface area contributed by atoms with Crippen molar-refractivity contribution >= 4 is 16.8 Å². The highest BCUT2D eigenvalue weighted by atomic mass is 16.5. The summed E-state index contributed by atoms with van der Waals surface area (Å²) < 4.78 is 5.73. The lowest BCUT2D eigenvalue weighted by molar-refractivity contribution is -0.133. The van der Waals surface area contributed by atoms with Crippen molar-refractivity contribution in [2.75, 3.05) is 39.4 Å². The third-order valence-corrected chi connectivity index (χ3v) is 5.95. The summed E-state index contributed by atoms with van der Waals surface area (Å²) in [4.78, 5) is 29.1. The van der Waals surface area contributed by atoms with Gasteiger partial charge >= 0.3 is 0 Å². The SMILES string of the molecule is CC(C)(C)CN(CCNCCc1ccc(O)c2[nH]c(=O)ccc12)C(=O)CCOCCc1ccccc1. The topological polar surface area (TPSA) is 94.7 Å². The summed E-state index contributed by atoms with van der Waals surface area (Å²) in [7, 11) is 0. The minimum atomic E-state index is -0.238. The number of aromatic nitrogens is 1. The molecule has 0 radical (unpaired) electrons. The maximum Gasteiger partial charge on any atom is 0.248 e. The zero-order valence-electron chi connectivity index (χ0n) is 21.7. The molecule has 0 aliphatic rings. The van der Waals surface area contributed by atoms with Gasteiger partial charge in [0, 0.05) is 31.1 Å². The van der Waals surface area contributed by atoms with Gasteiger partial charge in [0.15, 0.2) is 0 Å². The second-order valence-electron chi connectivity index (χ2n) is 10.3. The minimum Gasteiger partial charge on any atom is -0.506 e. The molecule has 0 fully saturated rings. The van der Waals surface area contributed by atoms with Crippen LogP contribution in [0.3, 0.4) is 0 Å². The number of amides is 1. The lowest BCUT2D eigenvalue weighted by Gasteiger charge is -2.30. The van der Waals surface area contributed by atoms with Crippen molar-refractivity contribution in [1.82, 2.24) is 15.2 Å². The van der Waals surface area contributed by atoms with E-state index in [1.165, 1.54) is 11.6 Å². The number of hydrogen-bond donors (Lipinski definition) is 3. The molecular formula is C29H39N3O4. The number of fused-ring (bicyclic) bond motifs is 1. The van der Waals surface area contributed by atoms with E-state index in [9.17, 15) is 14.7 Å². The first-order chi connectivity index (χ1) is 17.2. The first-order valence-electron chi connectivity index (χ1n) is 12.7. The van der Waals surface area contributed by atoms with Crippen LogP contribution in [-0.2, 0) is 22.4 Å². The molecule has 0 saturated carbocycles. The Morgan fingerprint density at radius 3 is 2.53 bits per heavy atom. The first-order valence-corrected chi connectivity index (χ1v) is 12.7. The van der Waals surface area contributed by atoms with Gasteiger partial charge < -0.3 is 25.0 Å². The molecule has 3 rings (SSSR count). The summed E-state index contributed by atoms with van der Waals surface area (Å²) in [5.41, 5.74) is 2.51. The summed E-state index contributed by atoms with van der Waals surface area (Å²) in [5, 5.41) is 14.3. The molecule has 1 aromatic heterocycles. The number of phenolic OH excluding ortho intramolecular Hbond substituents is 1. The summed E-state index contributed by atoms with van der Waals surface area (Å²) in [6.45, 7) is 10.2. The number of hydrogen-bond acceptors (Lipinski definition) is 5. The number of ether oxygens (including phenoxy) is 1. The van der Waals surface area contributed by atoms with Crippen molar-refractivity contribution in [2.45, 2.75) is 40.0 Å². The predicted octanol–water partition coefficient (Wildman–Crippen LogP) is 3.89. The molecule has 0 unspecified atom stereocenters. The van der Waals surface area contributed by atoms with Crippen molar-refractivity contribution < 1.29 is 14.6 Å². The molecule has 0 spiro atoms. The molecule has 0 aliphatic heterocycles. The zero-order chi connectivity index (χ0) is 26.0. The lowest BCUT2D eigenvalue weighted by atomic mass is 9.96. The maximum absolute atomic E-state index is 12.9. The Labute approximate surface area is 213 Å². The van der Waals surface area contributed by atoms with E-state index in [1.807, 2.05) is 29.2 Å². The first kappa shape index (κ1) is 27.4. The molecule has 3 aromatic rings. The van der Waals surface area contributed by atoms with Gasteiger partial charge in [-0.2, -0.15) is 0 Å². The molecule has 0 aliphatic carbocycles. The van der Waals surface area contributed by atoms with E-state index < -0.39 is 0 Å². The highest BCUT2D eigenvalue weighted by molar-refractivity contribution is 5.87. The average Bonchev–Trinajstić information content (AvgIpc) is 2.84. The zero-order valence-corrected chi connectivity index (χ0v) is 21.7. The van der Waals surface area contributed by atoms with Gasteiger partial charge in [0.05, 0.1) is 25.2 Å². The van der Waals surface area contributed by atoms with Crippen molar-refractivity contribution in [1.29, 1.82) is 0 Å². The van der Waals surface area contributed by atoms with Crippen LogP contribution in [0.15, 0.2) is 59.4 Å². The number of nitrogens with zero attached hydrogens (tertiary/aromatic N) is 1. The number of aromatic hydroxyl groups is 1. The Bertz CT molecular complexity index is 1170. The van der Waals surface area contributed by atoms with Gasteiger partial charge in [-0.15, -0.1) is 0 Å². The van der Waals surface area contributed by atoms with Crippen LogP contribution in [0.1, 0.15) is 38.3 Å². The molecular weight excluding hydrogens is 454 g/mol. The number of rotatable bonds is 13. The van der Waals surface area contributed by atoms with Crippen LogP contribution < -0.4 is 10.9 Å². The number of nitrogens with one attached hydrogen (secondary N) is 2. The maximum atomic E-state index is 12.9. The van der Waals surface area contributed by atoms with Gasteiger partial charge in [-0.05, 0) is 48.1 Å². The lowest BCUT2D eigenvalue weighted by Crippen LogP contribution is -2.42. The standard InChI is InChI=1S/C29H39N3O4/c1-29(2,3)21-32(27(35)15-20-36-19-14-22-7-5-4-6-8-22)18-17-30-16-13-23-9-11-25(33)28-24(23)10-12-26(34)31-28/h4-12,30,33H,13-21H2,1-3H3,(H,31,34). The van der Waals surface area contributed by atoms with Crippen LogP contribution in [0.4, 0.5) is 0 Å². The van der Waals surface area contributed by atoms with E-state index in [4.69, 9.17) is 4.74 Å². The Balaban J connectivity index is 1.43. The fraction of sp³-hybridized carbons (Fsp3) is 0.448. The number of carbonyl (C=O) groups is 1. The minimum absolute atomic E-state index is 0.00565. The average molecular weight is 494 g/mol. The van der Waals surface area contributed by atoms with Crippen LogP contribution in [0, 0.1) is 5.41 Å². The van der Waals surface area contributed by atoms with Crippen molar-refractivity contribution in [3.63, 3.8) is 0 Å². The van der Waals surface area contributed by atoms with E-state index in [2.05, 4.69) is 43.2 Å². The van der Waals surface area contributed by atoms with Crippen LogP contribution in [0.5, 0.6) is 5.75 Å². The number of aromatic amines is 1. The molecule has 3 N–H and O–H groups in total. The smallest absolute Gasteiger partial charge is 0.248 e. The molecule has 7 nitrogen and oxygen atoms in total. The third-order valence-electron chi connectivity index (χ3n) is 5.95. The molecule has 7 heteroatoms. The van der Waals surface area contributed by atoms with Crippen molar-refractivity contribution in [2.24, 2.45) is 5.41 Å². The fourth-order valence-electron chi connectivity index (χ4n) is 4.20. The molecule has 1 amide bonds. The third kappa shape index (κ3) is 8.81. The molecule has 1 heterocycles. The van der Waals surface area contributed by atoms with Gasteiger partial charge in [-0.25, -0.2) is 0 Å². The summed E-state index contributed by atoms with van der Waals surface area (Å²) in [5.74, 6) is 0.180. The van der Waals surface area contributed by atoms with Crippen molar-refractivity contribution in [3.8, 4) is 5.75 Å². The summed E-state index contributed by atoms with van der Waals surface area (Å²) in [6, 6.07) is 16.9. The van der Waals surface area contributed by atoms with Gasteiger partial charge in [0.25, 0.3) is 0 Å². The largest absolute Gasteiger partial charge is 0.506 e. The quantitative estimate of drug-likeness (QED) is 0.314. The van der Waals surface area contributed by atoms with Gasteiger partial charge in [0.2, 0.25) is 11.5 Å². The molecule has 36 heavy (non-hydrogen) atoms. The molecule has 194 valence electrons. The number of carbonyl (C=O) groups excluding carboxylic acids is 1. The van der Waals surface area contributed by atoms with Crippen LogP contribution in [-0.4, -0.2) is 60.3 Å². The van der Waals surface area contributed by atoms with E-state index >= 15 is 0 Å². The second kappa shape index (κ2) is 13.2. The highest BCUT2D eigenvalue weighted by Crippen LogP contribution is 2.24. The number of benzene rings is 2. The molecule has 0 atom stereocenters. The van der Waals surface area contributed by atoms with E-state index in [0.717, 1.165) is 30.3 Å². The molecule has 0 saturated heterocycles. The monoisotopic (exact) mass is 493 g/mol. The van der Waals surface area contributed by atoms with E-state index in [1.54, 1.807) is 12.1 Å². The Morgan fingerprint density at radius 2 is 1.78 bits per heavy atom. The summed E-state index contributed by atoms with van der Waals surface area (Å²) >= 11 is 0. The van der Waals surface area contributed by atoms with E-state index in [-0.39, 0.29) is 22.6 Å². The van der Waals surface area contributed by atoms with Gasteiger partial charge in [-0.1, -0.05) is 57.2 Å². The number of pyridine rings is 1. The number of phenols is 1.